The topological polar surface area (TPSA) is 72.2 Å². The highest BCUT2D eigenvalue weighted by Gasteiger charge is 2.20. The first kappa shape index (κ1) is 13.4. The fourth-order valence-electron chi connectivity index (χ4n) is 2.33. The summed E-state index contributed by atoms with van der Waals surface area (Å²) in [6, 6.07) is 6.40. The normalized spacial score (nSPS) is 18.4. The molecule has 0 unspecified atom stereocenters. The van der Waals surface area contributed by atoms with Gasteiger partial charge in [-0.05, 0) is 37.1 Å². The zero-order valence-electron chi connectivity index (χ0n) is 10.4. The van der Waals surface area contributed by atoms with E-state index in [4.69, 9.17) is 5.73 Å². The number of hydrogen-bond donors (Lipinski definition) is 2. The van der Waals surface area contributed by atoms with Crippen molar-refractivity contribution < 1.29 is 8.42 Å². The van der Waals surface area contributed by atoms with Crippen molar-refractivity contribution in [3.8, 4) is 0 Å². The van der Waals surface area contributed by atoms with Crippen LogP contribution in [-0.2, 0) is 10.0 Å². The zero-order valence-corrected chi connectivity index (χ0v) is 11.2. The molecule has 3 N–H and O–H groups in total. The van der Waals surface area contributed by atoms with E-state index in [2.05, 4.69) is 4.72 Å². The number of benzene rings is 1. The molecule has 1 aliphatic carbocycles. The maximum atomic E-state index is 12.2. The first-order valence-electron chi connectivity index (χ1n) is 6.46. The Bertz CT molecular complexity index is 474. The average Bonchev–Trinajstić information content (AvgIpc) is 2.57. The summed E-state index contributed by atoms with van der Waals surface area (Å²) in [6.07, 6.45) is 6.51. The van der Waals surface area contributed by atoms with Gasteiger partial charge in [-0.3, -0.25) is 0 Å². The van der Waals surface area contributed by atoms with E-state index in [-0.39, 0.29) is 6.04 Å². The number of anilines is 1. The molecule has 2 rings (SSSR count). The number of sulfonamides is 1. The van der Waals surface area contributed by atoms with Crippen LogP contribution in [0.3, 0.4) is 0 Å². The number of nitrogen functional groups attached to an aromatic ring is 1. The van der Waals surface area contributed by atoms with Crippen LogP contribution < -0.4 is 10.5 Å². The Morgan fingerprint density at radius 1 is 1.00 bits per heavy atom. The lowest BCUT2D eigenvalue weighted by Crippen LogP contribution is -2.34. The molecule has 0 radical (unpaired) electrons. The van der Waals surface area contributed by atoms with Crippen molar-refractivity contribution in [3.63, 3.8) is 0 Å². The molecule has 1 aromatic rings. The largest absolute Gasteiger partial charge is 0.399 e. The van der Waals surface area contributed by atoms with Gasteiger partial charge < -0.3 is 5.73 Å². The molecule has 1 fully saturated rings. The zero-order chi connectivity index (χ0) is 13.0. The van der Waals surface area contributed by atoms with Crippen molar-refractivity contribution in [2.75, 3.05) is 5.73 Å². The molecule has 18 heavy (non-hydrogen) atoms. The smallest absolute Gasteiger partial charge is 0.240 e. The van der Waals surface area contributed by atoms with Crippen LogP contribution in [0.2, 0.25) is 0 Å². The van der Waals surface area contributed by atoms with Crippen LogP contribution in [0, 0.1) is 0 Å². The van der Waals surface area contributed by atoms with Crippen molar-refractivity contribution in [3.05, 3.63) is 24.3 Å². The van der Waals surface area contributed by atoms with E-state index < -0.39 is 10.0 Å². The van der Waals surface area contributed by atoms with Gasteiger partial charge in [-0.1, -0.05) is 25.7 Å². The lowest BCUT2D eigenvalue weighted by Gasteiger charge is -2.16. The van der Waals surface area contributed by atoms with Gasteiger partial charge in [0.25, 0.3) is 0 Å². The maximum Gasteiger partial charge on any atom is 0.240 e. The van der Waals surface area contributed by atoms with Crippen molar-refractivity contribution >= 4 is 15.7 Å². The van der Waals surface area contributed by atoms with Crippen LogP contribution >= 0.6 is 0 Å². The van der Waals surface area contributed by atoms with E-state index in [1.54, 1.807) is 24.3 Å². The predicted octanol–water partition coefficient (Wildman–Crippen LogP) is 2.27. The van der Waals surface area contributed by atoms with E-state index in [9.17, 15) is 8.42 Å². The van der Waals surface area contributed by atoms with Gasteiger partial charge >= 0.3 is 0 Å². The lowest BCUT2D eigenvalue weighted by molar-refractivity contribution is 0.510. The molecular formula is C13H20N2O2S. The molecule has 5 heteroatoms. The monoisotopic (exact) mass is 268 g/mol. The summed E-state index contributed by atoms with van der Waals surface area (Å²) < 4.78 is 27.1. The van der Waals surface area contributed by atoms with Crippen LogP contribution in [0.25, 0.3) is 0 Å². The van der Waals surface area contributed by atoms with Gasteiger partial charge in [-0.25, -0.2) is 13.1 Å². The summed E-state index contributed by atoms with van der Waals surface area (Å²) in [5.41, 5.74) is 6.13. The second kappa shape index (κ2) is 5.71. The fraction of sp³-hybridized carbons (Fsp3) is 0.538. The van der Waals surface area contributed by atoms with Gasteiger partial charge in [0.2, 0.25) is 10.0 Å². The van der Waals surface area contributed by atoms with Gasteiger partial charge in [0.1, 0.15) is 0 Å². The Labute approximate surface area is 109 Å². The number of nitrogens with two attached hydrogens (primary N) is 1. The quantitative estimate of drug-likeness (QED) is 0.652. The molecule has 0 saturated heterocycles. The summed E-state index contributed by atoms with van der Waals surface area (Å²) in [5, 5.41) is 0. The van der Waals surface area contributed by atoms with Crippen molar-refractivity contribution in [1.82, 2.24) is 4.72 Å². The highest BCUT2D eigenvalue weighted by molar-refractivity contribution is 7.89. The molecule has 1 saturated carbocycles. The van der Waals surface area contributed by atoms with Crippen LogP contribution in [-0.4, -0.2) is 14.5 Å². The SMILES string of the molecule is Nc1ccc(S(=O)(=O)NC2CCCCCC2)cc1. The fourth-order valence-corrected chi connectivity index (χ4v) is 3.64. The summed E-state index contributed by atoms with van der Waals surface area (Å²) >= 11 is 0. The van der Waals surface area contributed by atoms with Crippen LogP contribution in [0.1, 0.15) is 38.5 Å². The molecule has 0 atom stereocenters. The first-order valence-corrected chi connectivity index (χ1v) is 7.94. The molecule has 1 aliphatic rings. The summed E-state index contributed by atoms with van der Waals surface area (Å²) in [6.45, 7) is 0. The van der Waals surface area contributed by atoms with E-state index in [1.807, 2.05) is 0 Å². The third-order valence-corrected chi connectivity index (χ3v) is 4.90. The van der Waals surface area contributed by atoms with E-state index in [1.165, 1.54) is 12.8 Å². The number of hydrogen-bond acceptors (Lipinski definition) is 3. The highest BCUT2D eigenvalue weighted by Crippen LogP contribution is 2.20. The minimum absolute atomic E-state index is 0.0788. The lowest BCUT2D eigenvalue weighted by atomic mass is 10.1. The third-order valence-electron chi connectivity index (χ3n) is 3.37. The van der Waals surface area contributed by atoms with E-state index in [0.29, 0.717) is 10.6 Å². The number of nitrogens with one attached hydrogen (secondary N) is 1. The molecule has 100 valence electrons. The van der Waals surface area contributed by atoms with Gasteiger partial charge in [0.15, 0.2) is 0 Å². The molecule has 0 amide bonds. The van der Waals surface area contributed by atoms with Crippen molar-refractivity contribution in [2.45, 2.75) is 49.5 Å². The Hall–Kier alpha value is -1.07. The summed E-state index contributed by atoms with van der Waals surface area (Å²) in [7, 11) is -3.40. The Balaban J connectivity index is 2.08. The van der Waals surface area contributed by atoms with Crippen molar-refractivity contribution in [1.29, 1.82) is 0 Å². The highest BCUT2D eigenvalue weighted by atomic mass is 32.2. The van der Waals surface area contributed by atoms with Gasteiger partial charge in [-0.2, -0.15) is 0 Å². The number of rotatable bonds is 3. The molecule has 0 spiro atoms. The standard InChI is InChI=1S/C13H20N2O2S/c14-11-7-9-13(10-8-11)18(16,17)15-12-5-3-1-2-4-6-12/h7-10,12,15H,1-6,14H2. The maximum absolute atomic E-state index is 12.2. The molecule has 4 nitrogen and oxygen atoms in total. The van der Waals surface area contributed by atoms with E-state index >= 15 is 0 Å². The van der Waals surface area contributed by atoms with Crippen LogP contribution in [0.15, 0.2) is 29.2 Å². The summed E-state index contributed by atoms with van der Waals surface area (Å²) in [5.74, 6) is 0. The van der Waals surface area contributed by atoms with Crippen LogP contribution in [0.4, 0.5) is 5.69 Å². The second-order valence-corrected chi connectivity index (χ2v) is 6.59. The van der Waals surface area contributed by atoms with Gasteiger partial charge in [0.05, 0.1) is 4.90 Å². The second-order valence-electron chi connectivity index (χ2n) is 4.88. The minimum Gasteiger partial charge on any atom is -0.399 e. The Morgan fingerprint density at radius 3 is 2.11 bits per heavy atom. The third kappa shape index (κ3) is 3.46. The van der Waals surface area contributed by atoms with Gasteiger partial charge in [0, 0.05) is 11.7 Å². The molecule has 0 bridgehead atoms. The van der Waals surface area contributed by atoms with Gasteiger partial charge in [-0.15, -0.1) is 0 Å². The minimum atomic E-state index is -3.40. The Kier molecular flexibility index (Phi) is 4.24. The molecular weight excluding hydrogens is 248 g/mol. The predicted molar refractivity (Wildman–Crippen MR) is 72.7 cm³/mol. The molecule has 0 heterocycles. The Morgan fingerprint density at radius 2 is 1.56 bits per heavy atom. The molecule has 0 aliphatic heterocycles. The van der Waals surface area contributed by atoms with Crippen molar-refractivity contribution in [2.24, 2.45) is 0 Å². The average molecular weight is 268 g/mol. The molecule has 1 aromatic carbocycles. The summed E-state index contributed by atoms with van der Waals surface area (Å²) in [4.78, 5) is 0.293. The molecule has 0 aromatic heterocycles. The van der Waals surface area contributed by atoms with Crippen LogP contribution in [0.5, 0.6) is 0 Å². The van der Waals surface area contributed by atoms with E-state index in [0.717, 1.165) is 25.7 Å². The first-order chi connectivity index (χ1) is 8.58.